The number of oxime groups is 1. The molecule has 1 aromatic carbocycles. The van der Waals surface area contributed by atoms with Crippen LogP contribution < -0.4 is 0 Å². The highest BCUT2D eigenvalue weighted by Crippen LogP contribution is 2.20. The van der Waals surface area contributed by atoms with Gasteiger partial charge in [-0.2, -0.15) is 0 Å². The lowest BCUT2D eigenvalue weighted by molar-refractivity contribution is -0.148. The molecule has 2 rings (SSSR count). The van der Waals surface area contributed by atoms with Gasteiger partial charge in [-0.3, -0.25) is 0 Å². The Morgan fingerprint density at radius 1 is 1.35 bits per heavy atom. The quantitative estimate of drug-likeness (QED) is 0.491. The van der Waals surface area contributed by atoms with E-state index < -0.39 is 23.8 Å². The van der Waals surface area contributed by atoms with E-state index in [9.17, 15) is 14.7 Å². The van der Waals surface area contributed by atoms with E-state index in [4.69, 9.17) is 12.9 Å². The number of thiazole rings is 1. The van der Waals surface area contributed by atoms with Crippen LogP contribution in [0.4, 0.5) is 0 Å². The molecule has 1 N–H and O–H groups in total. The molecule has 9 heteroatoms. The number of benzene rings is 1. The third-order valence-corrected chi connectivity index (χ3v) is 3.52. The minimum atomic E-state index is -1.33. The summed E-state index contributed by atoms with van der Waals surface area (Å²) < 4.78 is 4.18. The normalized spacial score (nSPS) is 12.5. The van der Waals surface area contributed by atoms with Crippen LogP contribution in [0.1, 0.15) is 22.4 Å². The van der Waals surface area contributed by atoms with E-state index >= 15 is 0 Å². The van der Waals surface area contributed by atoms with E-state index in [0.717, 1.165) is 0 Å². The van der Waals surface area contributed by atoms with Crippen molar-refractivity contribution in [2.45, 2.75) is 13.0 Å². The smallest absolute Gasteiger partial charge is 0.378 e. The Hall–Kier alpha value is -2.68. The fourth-order valence-corrected chi connectivity index (χ4v) is 2.30. The van der Waals surface area contributed by atoms with Crippen LogP contribution >= 0.6 is 11.3 Å². The number of aromatic nitrogens is 1. The van der Waals surface area contributed by atoms with Crippen molar-refractivity contribution < 1.29 is 24.2 Å². The van der Waals surface area contributed by atoms with Gasteiger partial charge in [-0.25, -0.2) is 14.6 Å². The summed E-state index contributed by atoms with van der Waals surface area (Å²) in [4.78, 5) is 32.2. The van der Waals surface area contributed by atoms with Gasteiger partial charge in [0.1, 0.15) is 5.69 Å². The maximum atomic E-state index is 11.7. The van der Waals surface area contributed by atoms with Gasteiger partial charge in [0.25, 0.3) is 0 Å². The molecule has 0 fully saturated rings. The first kappa shape index (κ1) is 16.7. The Bertz CT molecular complexity index is 732. The van der Waals surface area contributed by atoms with Gasteiger partial charge in [0.2, 0.25) is 11.8 Å². The number of carbonyl (C=O) groups excluding carboxylic acids is 1. The van der Waals surface area contributed by atoms with Crippen molar-refractivity contribution in [3.05, 3.63) is 52.0 Å². The largest absolute Gasteiger partial charge is 0.540 e. The molecule has 2 radical (unpaired) electrons. The van der Waals surface area contributed by atoms with E-state index in [0.29, 0.717) is 10.6 Å². The Morgan fingerprint density at radius 3 is 2.57 bits per heavy atom. The highest BCUT2D eigenvalue weighted by molar-refractivity contribution is 7.09. The Labute approximate surface area is 137 Å². The first-order valence-electron chi connectivity index (χ1n) is 6.38. The van der Waals surface area contributed by atoms with Crippen LogP contribution in [0.15, 0.2) is 40.9 Å². The average molecular weight is 330 g/mol. The van der Waals surface area contributed by atoms with Gasteiger partial charge in [0, 0.05) is 10.9 Å². The molecule has 116 valence electrons. The number of carbonyl (C=O) groups is 2. The van der Waals surface area contributed by atoms with Crippen LogP contribution in [0.2, 0.25) is 0 Å². The Balaban J connectivity index is 2.31. The van der Waals surface area contributed by atoms with Crippen LogP contribution in [0.25, 0.3) is 0 Å². The summed E-state index contributed by atoms with van der Waals surface area (Å²) in [5, 5.41) is 15.0. The molecule has 0 unspecified atom stereocenters. The summed E-state index contributed by atoms with van der Waals surface area (Å²) in [6.07, 6.45) is -1.28. The van der Waals surface area contributed by atoms with E-state index in [1.165, 1.54) is 16.7 Å². The molecule has 0 saturated carbocycles. The highest BCUT2D eigenvalue weighted by Gasteiger charge is 2.25. The van der Waals surface area contributed by atoms with E-state index in [1.807, 2.05) is 0 Å². The predicted molar refractivity (Wildman–Crippen MR) is 83.1 cm³/mol. The first-order chi connectivity index (χ1) is 11.0. The molecular formula is C14H11BN2O5S. The number of hydrogen-bond acceptors (Lipinski definition) is 7. The van der Waals surface area contributed by atoms with Crippen LogP contribution in [0, 0.1) is 6.92 Å². The second kappa shape index (κ2) is 7.55. The lowest BCUT2D eigenvalue weighted by atomic mass is 10.1. The van der Waals surface area contributed by atoms with Crippen LogP contribution in [0.3, 0.4) is 0 Å². The fourth-order valence-electron chi connectivity index (χ4n) is 1.70. The van der Waals surface area contributed by atoms with Crippen molar-refractivity contribution >= 4 is 37.0 Å². The molecule has 1 aromatic heterocycles. The predicted octanol–water partition coefficient (Wildman–Crippen LogP) is 1.62. The third-order valence-electron chi connectivity index (χ3n) is 2.75. The fraction of sp³-hybridized carbons (Fsp3) is 0.143. The molecule has 1 heterocycles. The summed E-state index contributed by atoms with van der Waals surface area (Å²) in [6, 6.07) is 8.32. The maximum Gasteiger partial charge on any atom is 0.378 e. The lowest BCUT2D eigenvalue weighted by Crippen LogP contribution is -2.20. The molecule has 0 bridgehead atoms. The molecule has 0 aliphatic rings. The van der Waals surface area contributed by atoms with Gasteiger partial charge in [0.05, 0.1) is 5.01 Å². The number of carboxylic acid groups (broad SMARTS) is 1. The zero-order valence-electron chi connectivity index (χ0n) is 12.0. The molecule has 0 aliphatic carbocycles. The minimum absolute atomic E-state index is 0.146. The van der Waals surface area contributed by atoms with E-state index in [1.54, 1.807) is 37.3 Å². The Kier molecular flexibility index (Phi) is 5.48. The summed E-state index contributed by atoms with van der Waals surface area (Å²) in [6.45, 7) is 1.73. The van der Waals surface area contributed by atoms with Gasteiger partial charge in [0.15, 0.2) is 0 Å². The summed E-state index contributed by atoms with van der Waals surface area (Å²) in [7, 11) is 4.89. The van der Waals surface area contributed by atoms with E-state index in [-0.39, 0.29) is 5.69 Å². The molecule has 23 heavy (non-hydrogen) atoms. The molecular weight excluding hydrogens is 319 g/mol. The van der Waals surface area contributed by atoms with Crippen LogP contribution in [0.5, 0.6) is 0 Å². The van der Waals surface area contributed by atoms with Crippen molar-refractivity contribution in [1.82, 2.24) is 4.98 Å². The molecule has 0 spiro atoms. The van der Waals surface area contributed by atoms with Crippen molar-refractivity contribution in [2.24, 2.45) is 5.16 Å². The number of rotatable bonds is 6. The maximum absolute atomic E-state index is 11.7. The van der Waals surface area contributed by atoms with E-state index in [2.05, 4.69) is 14.8 Å². The molecule has 2 aromatic rings. The standard InChI is InChI=1S/C14H11BN2O5S/c1-8-16-10(7-23-8)11(13(18)19)17-22-12(14(20)21-15)9-5-3-2-4-6-9/h2-7,12H,1H3,(H,18,19)/b17-11+/t12-/m0/s1. The van der Waals surface area contributed by atoms with Gasteiger partial charge in [-0.15, -0.1) is 11.3 Å². The summed E-state index contributed by atoms with van der Waals surface area (Å²) in [5.41, 5.74) is 0.152. The third kappa shape index (κ3) is 4.16. The Morgan fingerprint density at radius 2 is 2.04 bits per heavy atom. The molecule has 7 nitrogen and oxygen atoms in total. The van der Waals surface area contributed by atoms with Gasteiger partial charge in [-0.1, -0.05) is 35.5 Å². The molecule has 0 aliphatic heterocycles. The minimum Gasteiger partial charge on any atom is -0.540 e. The monoisotopic (exact) mass is 330 g/mol. The van der Waals surface area contributed by atoms with Crippen LogP contribution in [-0.2, 0) is 19.1 Å². The highest BCUT2D eigenvalue weighted by atomic mass is 32.1. The number of aryl methyl sites for hydroxylation is 1. The number of hydrogen-bond donors (Lipinski definition) is 1. The van der Waals surface area contributed by atoms with Gasteiger partial charge < -0.3 is 14.6 Å². The molecule has 0 amide bonds. The number of nitrogens with zero attached hydrogens (tertiary/aromatic N) is 2. The topological polar surface area (TPSA) is 98.1 Å². The van der Waals surface area contributed by atoms with Crippen molar-refractivity contribution in [3.8, 4) is 0 Å². The van der Waals surface area contributed by atoms with Crippen molar-refractivity contribution in [2.75, 3.05) is 0 Å². The first-order valence-corrected chi connectivity index (χ1v) is 7.26. The molecule has 1 atom stereocenters. The summed E-state index contributed by atoms with van der Waals surface area (Å²) in [5.74, 6) is -2.23. The number of aliphatic carboxylic acids is 1. The SMILES string of the molecule is [B]OC(=O)[C@@H](O/N=C(/C(=O)O)c1csc(C)n1)c1ccccc1. The summed E-state index contributed by atoms with van der Waals surface area (Å²) >= 11 is 1.27. The number of carboxylic acids is 1. The zero-order valence-corrected chi connectivity index (χ0v) is 12.8. The second-order valence-corrected chi connectivity index (χ2v) is 5.39. The van der Waals surface area contributed by atoms with Gasteiger partial charge >= 0.3 is 20.0 Å². The average Bonchev–Trinajstić information content (AvgIpc) is 2.97. The van der Waals surface area contributed by atoms with Crippen molar-refractivity contribution in [3.63, 3.8) is 0 Å². The van der Waals surface area contributed by atoms with Gasteiger partial charge in [-0.05, 0) is 6.92 Å². The zero-order chi connectivity index (χ0) is 16.8. The molecule has 0 saturated heterocycles. The second-order valence-electron chi connectivity index (χ2n) is 4.33. The van der Waals surface area contributed by atoms with Crippen molar-refractivity contribution in [1.29, 1.82) is 0 Å². The van der Waals surface area contributed by atoms with Crippen LogP contribution in [-0.4, -0.2) is 35.8 Å². The lowest BCUT2D eigenvalue weighted by Gasteiger charge is -2.13.